The van der Waals surface area contributed by atoms with Gasteiger partial charge < -0.3 is 15.3 Å². The van der Waals surface area contributed by atoms with Crippen LogP contribution in [0.3, 0.4) is 0 Å². The summed E-state index contributed by atoms with van der Waals surface area (Å²) in [6.45, 7) is -0.789. The van der Waals surface area contributed by atoms with Crippen molar-refractivity contribution in [2.45, 2.75) is 10.7 Å². The summed E-state index contributed by atoms with van der Waals surface area (Å²) < 4.78 is 24.8. The number of amides is 2. The molecule has 0 aliphatic heterocycles. The zero-order chi connectivity index (χ0) is 15.8. The van der Waals surface area contributed by atoms with Gasteiger partial charge in [-0.2, -0.15) is 8.78 Å². The topological polar surface area (TPSA) is 69.6 Å². The summed E-state index contributed by atoms with van der Waals surface area (Å²) in [5, 5.41) is 11.1. The van der Waals surface area contributed by atoms with E-state index in [1.165, 1.54) is 12.1 Å². The van der Waals surface area contributed by atoms with Crippen LogP contribution >= 0.6 is 11.8 Å². The van der Waals surface area contributed by atoms with E-state index in [2.05, 4.69) is 11.2 Å². The number of para-hydroxylation sites is 1. The van der Waals surface area contributed by atoms with Gasteiger partial charge in [-0.05, 0) is 12.1 Å². The van der Waals surface area contributed by atoms with Gasteiger partial charge in [0.15, 0.2) is 0 Å². The Morgan fingerprint density at radius 2 is 2.10 bits per heavy atom. The maximum Gasteiger partial charge on any atom is 0.323 e. The van der Waals surface area contributed by atoms with Gasteiger partial charge in [0.05, 0.1) is 12.2 Å². The minimum absolute atomic E-state index is 0.167. The molecule has 21 heavy (non-hydrogen) atoms. The maximum absolute atomic E-state index is 12.4. The van der Waals surface area contributed by atoms with Crippen LogP contribution in [-0.4, -0.2) is 40.9 Å². The van der Waals surface area contributed by atoms with Crippen molar-refractivity contribution in [3.63, 3.8) is 0 Å². The van der Waals surface area contributed by atoms with Gasteiger partial charge in [-0.25, -0.2) is 4.79 Å². The van der Waals surface area contributed by atoms with Gasteiger partial charge >= 0.3 is 12.0 Å². The van der Waals surface area contributed by atoms with E-state index < -0.39 is 24.3 Å². The summed E-state index contributed by atoms with van der Waals surface area (Å²) in [6, 6.07) is 5.22. The van der Waals surface area contributed by atoms with Crippen LogP contribution in [0.4, 0.5) is 19.3 Å². The van der Waals surface area contributed by atoms with E-state index in [-0.39, 0.29) is 28.9 Å². The molecule has 1 aromatic carbocycles. The molecular formula is C13H12F2N2O3S. The number of rotatable bonds is 6. The van der Waals surface area contributed by atoms with Crippen molar-refractivity contribution in [2.75, 3.05) is 18.4 Å². The van der Waals surface area contributed by atoms with E-state index in [4.69, 9.17) is 11.5 Å². The summed E-state index contributed by atoms with van der Waals surface area (Å²) in [5.41, 5.74) is 0.167. The highest BCUT2D eigenvalue weighted by molar-refractivity contribution is 7.99. The molecule has 0 saturated carbocycles. The Hall–Kier alpha value is -2.27. The standard InChI is InChI=1S/C13H12F2N2O3S/c1-2-7-17(8-11(18)19)13(20)16-9-5-3-4-6-10(9)21-12(14)15/h1,3-6,12H,7-8H2,(H,16,20)(H,18,19). The van der Waals surface area contributed by atoms with Crippen LogP contribution in [0.25, 0.3) is 0 Å². The highest BCUT2D eigenvalue weighted by atomic mass is 32.2. The van der Waals surface area contributed by atoms with E-state index in [0.29, 0.717) is 0 Å². The molecule has 2 N–H and O–H groups in total. The van der Waals surface area contributed by atoms with Gasteiger partial charge in [0.25, 0.3) is 5.76 Å². The maximum atomic E-state index is 12.4. The van der Waals surface area contributed by atoms with Crippen LogP contribution in [0.2, 0.25) is 0 Å². The first-order valence-corrected chi connectivity index (χ1v) is 6.57. The van der Waals surface area contributed by atoms with E-state index >= 15 is 0 Å². The molecule has 1 aromatic rings. The number of thioether (sulfide) groups is 1. The number of carboxylic acids is 1. The summed E-state index contributed by atoms with van der Waals surface area (Å²) in [7, 11) is 0. The van der Waals surface area contributed by atoms with Crippen molar-refractivity contribution in [2.24, 2.45) is 0 Å². The van der Waals surface area contributed by atoms with Crippen LogP contribution < -0.4 is 5.32 Å². The molecule has 0 fully saturated rings. The first-order chi connectivity index (χ1) is 9.93. The highest BCUT2D eigenvalue weighted by Gasteiger charge is 2.18. The van der Waals surface area contributed by atoms with Crippen molar-refractivity contribution in [3.05, 3.63) is 24.3 Å². The molecule has 0 bridgehead atoms. The normalized spacial score (nSPS) is 10.0. The van der Waals surface area contributed by atoms with Crippen molar-refractivity contribution in [1.82, 2.24) is 4.90 Å². The second-order valence-electron chi connectivity index (χ2n) is 3.76. The summed E-state index contributed by atoms with van der Waals surface area (Å²) >= 11 is 0.283. The third-order valence-corrected chi connectivity index (χ3v) is 3.03. The number of hydrogen-bond acceptors (Lipinski definition) is 3. The number of carboxylic acid groups (broad SMARTS) is 1. The smallest absolute Gasteiger partial charge is 0.323 e. The molecule has 8 heteroatoms. The Labute approximate surface area is 124 Å². The molecule has 2 amide bonds. The Balaban J connectivity index is 2.86. The lowest BCUT2D eigenvalue weighted by atomic mass is 10.3. The Bertz CT molecular complexity index is 561. The van der Waals surface area contributed by atoms with E-state index in [0.717, 1.165) is 4.90 Å². The zero-order valence-electron chi connectivity index (χ0n) is 10.8. The number of carbonyl (C=O) groups excluding carboxylic acids is 1. The van der Waals surface area contributed by atoms with Crippen molar-refractivity contribution in [1.29, 1.82) is 0 Å². The van der Waals surface area contributed by atoms with Gasteiger partial charge in [-0.1, -0.05) is 29.8 Å². The van der Waals surface area contributed by atoms with Crippen LogP contribution in [0.5, 0.6) is 0 Å². The zero-order valence-corrected chi connectivity index (χ0v) is 11.6. The van der Waals surface area contributed by atoms with Gasteiger partial charge in [0.1, 0.15) is 6.54 Å². The lowest BCUT2D eigenvalue weighted by Gasteiger charge is -2.19. The number of anilines is 1. The highest BCUT2D eigenvalue weighted by Crippen LogP contribution is 2.31. The van der Waals surface area contributed by atoms with E-state index in [9.17, 15) is 18.4 Å². The van der Waals surface area contributed by atoms with E-state index in [1.807, 2.05) is 0 Å². The minimum atomic E-state index is -2.64. The average molecular weight is 314 g/mol. The SMILES string of the molecule is C#CCN(CC(=O)O)C(=O)Nc1ccccc1SC(F)F. The molecule has 0 saturated heterocycles. The molecule has 0 heterocycles. The lowest BCUT2D eigenvalue weighted by Crippen LogP contribution is -2.39. The van der Waals surface area contributed by atoms with Crippen LogP contribution in [-0.2, 0) is 4.79 Å². The molecular weight excluding hydrogens is 302 g/mol. The third-order valence-electron chi connectivity index (χ3n) is 2.24. The first-order valence-electron chi connectivity index (χ1n) is 5.69. The largest absolute Gasteiger partial charge is 0.480 e. The quantitative estimate of drug-likeness (QED) is 0.625. The molecule has 0 aromatic heterocycles. The fourth-order valence-corrected chi connectivity index (χ4v) is 2.03. The second kappa shape index (κ2) is 8.11. The molecule has 0 spiro atoms. The monoisotopic (exact) mass is 314 g/mol. The van der Waals surface area contributed by atoms with Gasteiger partial charge in [-0.3, -0.25) is 4.79 Å². The summed E-state index contributed by atoms with van der Waals surface area (Å²) in [4.78, 5) is 23.7. The molecule has 0 atom stereocenters. The molecule has 0 unspecified atom stereocenters. The number of urea groups is 1. The van der Waals surface area contributed by atoms with Crippen LogP contribution in [0.1, 0.15) is 0 Å². The summed E-state index contributed by atoms with van der Waals surface area (Å²) in [5.74, 6) is -1.70. The molecule has 112 valence electrons. The molecule has 0 aliphatic carbocycles. The number of aliphatic carboxylic acids is 1. The van der Waals surface area contributed by atoms with Crippen molar-refractivity contribution < 1.29 is 23.5 Å². The number of carbonyl (C=O) groups is 2. The predicted octanol–water partition coefficient (Wildman–Crippen LogP) is 2.55. The molecule has 5 nitrogen and oxygen atoms in total. The molecule has 1 rings (SSSR count). The molecule has 0 aliphatic rings. The number of hydrogen-bond donors (Lipinski definition) is 2. The number of nitrogens with one attached hydrogen (secondary N) is 1. The van der Waals surface area contributed by atoms with Gasteiger partial charge in [-0.15, -0.1) is 6.42 Å². The number of alkyl halides is 2. The van der Waals surface area contributed by atoms with Gasteiger partial charge in [0, 0.05) is 4.90 Å². The Morgan fingerprint density at radius 3 is 2.67 bits per heavy atom. The lowest BCUT2D eigenvalue weighted by molar-refractivity contribution is -0.137. The number of halogens is 2. The average Bonchev–Trinajstić information content (AvgIpc) is 2.39. The fraction of sp³-hybridized carbons (Fsp3) is 0.231. The Kier molecular flexibility index (Phi) is 6.49. The van der Waals surface area contributed by atoms with Crippen LogP contribution in [0.15, 0.2) is 29.2 Å². The van der Waals surface area contributed by atoms with Crippen LogP contribution in [0, 0.1) is 12.3 Å². The number of nitrogens with zero attached hydrogens (tertiary/aromatic N) is 1. The fourth-order valence-electron chi connectivity index (χ4n) is 1.44. The first kappa shape index (κ1) is 16.8. The number of benzene rings is 1. The third kappa shape index (κ3) is 5.71. The van der Waals surface area contributed by atoms with Gasteiger partial charge in [0.2, 0.25) is 0 Å². The predicted molar refractivity (Wildman–Crippen MR) is 75.4 cm³/mol. The number of terminal acetylenes is 1. The van der Waals surface area contributed by atoms with E-state index in [1.54, 1.807) is 12.1 Å². The second-order valence-corrected chi connectivity index (χ2v) is 4.79. The molecule has 0 radical (unpaired) electrons. The summed E-state index contributed by atoms with van der Waals surface area (Å²) in [6.07, 6.45) is 5.06. The van der Waals surface area contributed by atoms with Crippen molar-refractivity contribution >= 4 is 29.4 Å². The van der Waals surface area contributed by atoms with Crippen molar-refractivity contribution in [3.8, 4) is 12.3 Å². The minimum Gasteiger partial charge on any atom is -0.480 e. The Morgan fingerprint density at radius 1 is 1.43 bits per heavy atom.